The Morgan fingerprint density at radius 2 is 1.82 bits per heavy atom. The molecular formula is C27H31NO6. The minimum Gasteiger partial charge on any atom is -0.507 e. The summed E-state index contributed by atoms with van der Waals surface area (Å²) in [5, 5.41) is 43.0. The fourth-order valence-corrected chi connectivity index (χ4v) is 5.55. The standard InChI is InChI=1S/C27H31NO6/c1-15(11-16-8-10-22(31)19-6-4-3-5-18(16)19)7-9-23(32)24-17(13-29)12-20-25(21(24)14-30)27(34)28(2)26(20)33/h3-6,8,10-11,20-21,23,25,29-32H,7,9,12-14H2,1-2H3/b15-11+/t20-,21+,23-,25-/m1/s1. The van der Waals surface area contributed by atoms with Crippen LogP contribution in [0.15, 0.2) is 53.1 Å². The molecule has 2 amide bonds. The summed E-state index contributed by atoms with van der Waals surface area (Å²) in [4.78, 5) is 26.3. The van der Waals surface area contributed by atoms with Gasteiger partial charge in [-0.15, -0.1) is 0 Å². The zero-order valence-corrected chi connectivity index (χ0v) is 19.4. The number of amides is 2. The van der Waals surface area contributed by atoms with Crippen LogP contribution in [0.1, 0.15) is 31.7 Å². The SMILES string of the molecule is C/C(=C\c1ccc(O)c2ccccc12)CC[C@@H](O)C1=C(CO)C[C@H]2C(=O)N(C)C(=O)[C@H]2[C@H]1CO. The number of likely N-dealkylation sites (tertiary alicyclic amines) is 1. The summed E-state index contributed by atoms with van der Waals surface area (Å²) < 4.78 is 0. The van der Waals surface area contributed by atoms with E-state index in [0.29, 0.717) is 24.0 Å². The van der Waals surface area contributed by atoms with E-state index in [4.69, 9.17) is 0 Å². The van der Waals surface area contributed by atoms with Crippen LogP contribution in [-0.2, 0) is 9.59 Å². The predicted molar refractivity (Wildman–Crippen MR) is 129 cm³/mol. The van der Waals surface area contributed by atoms with E-state index in [0.717, 1.165) is 26.8 Å². The second-order valence-corrected chi connectivity index (χ2v) is 9.34. The second kappa shape index (κ2) is 9.70. The number of hydrogen-bond acceptors (Lipinski definition) is 6. The molecule has 0 radical (unpaired) electrons. The van der Waals surface area contributed by atoms with Gasteiger partial charge in [0.15, 0.2) is 0 Å². The van der Waals surface area contributed by atoms with Crippen molar-refractivity contribution in [1.29, 1.82) is 0 Å². The molecule has 0 bridgehead atoms. The van der Waals surface area contributed by atoms with E-state index in [9.17, 15) is 30.0 Å². The van der Waals surface area contributed by atoms with E-state index < -0.39 is 23.9 Å². The van der Waals surface area contributed by atoms with Crippen molar-refractivity contribution < 1.29 is 30.0 Å². The van der Waals surface area contributed by atoms with E-state index in [1.54, 1.807) is 6.07 Å². The Kier molecular flexibility index (Phi) is 6.89. The molecular weight excluding hydrogens is 434 g/mol. The highest BCUT2D eigenvalue weighted by Gasteiger charge is 2.53. The molecule has 4 N–H and O–H groups in total. The average molecular weight is 466 g/mol. The van der Waals surface area contributed by atoms with Gasteiger partial charge in [-0.25, -0.2) is 0 Å². The number of allylic oxidation sites excluding steroid dienone is 1. The monoisotopic (exact) mass is 465 g/mol. The summed E-state index contributed by atoms with van der Waals surface area (Å²) in [5.41, 5.74) is 3.01. The number of carbonyl (C=O) groups excluding carboxylic acids is 2. The quantitative estimate of drug-likeness (QED) is 0.369. The minimum absolute atomic E-state index is 0.216. The second-order valence-electron chi connectivity index (χ2n) is 9.34. The lowest BCUT2D eigenvalue weighted by Crippen LogP contribution is -2.39. The van der Waals surface area contributed by atoms with Gasteiger partial charge in [-0.2, -0.15) is 0 Å². The van der Waals surface area contributed by atoms with Crippen LogP contribution in [0.2, 0.25) is 0 Å². The van der Waals surface area contributed by atoms with Gasteiger partial charge in [0.2, 0.25) is 11.8 Å². The molecule has 4 atom stereocenters. The zero-order chi connectivity index (χ0) is 24.6. The summed E-state index contributed by atoms with van der Waals surface area (Å²) >= 11 is 0. The predicted octanol–water partition coefficient (Wildman–Crippen LogP) is 2.62. The number of imide groups is 1. The summed E-state index contributed by atoms with van der Waals surface area (Å²) in [6, 6.07) is 11.1. The fraction of sp³-hybridized carbons (Fsp3) is 0.407. The third-order valence-corrected chi connectivity index (χ3v) is 7.30. The summed E-state index contributed by atoms with van der Waals surface area (Å²) in [7, 11) is 1.44. The fourth-order valence-electron chi connectivity index (χ4n) is 5.55. The van der Waals surface area contributed by atoms with Crippen LogP contribution in [0.25, 0.3) is 16.8 Å². The van der Waals surface area contributed by atoms with E-state index in [2.05, 4.69) is 0 Å². The van der Waals surface area contributed by atoms with Crippen LogP contribution >= 0.6 is 0 Å². The first kappa shape index (κ1) is 24.1. The first-order valence-electron chi connectivity index (χ1n) is 11.6. The number of fused-ring (bicyclic) bond motifs is 2. The highest BCUT2D eigenvalue weighted by atomic mass is 16.3. The number of phenols is 1. The van der Waals surface area contributed by atoms with Gasteiger partial charge in [-0.3, -0.25) is 14.5 Å². The highest BCUT2D eigenvalue weighted by Crippen LogP contribution is 2.45. The van der Waals surface area contributed by atoms with Crippen molar-refractivity contribution in [2.24, 2.45) is 17.8 Å². The Labute approximate surface area is 198 Å². The molecule has 0 unspecified atom stereocenters. The van der Waals surface area contributed by atoms with Gasteiger partial charge < -0.3 is 20.4 Å². The molecule has 4 rings (SSSR count). The number of rotatable bonds is 7. The maximum atomic E-state index is 12.7. The lowest BCUT2D eigenvalue weighted by Gasteiger charge is -2.36. The van der Waals surface area contributed by atoms with Crippen molar-refractivity contribution in [3.8, 4) is 5.75 Å². The third-order valence-electron chi connectivity index (χ3n) is 7.30. The largest absolute Gasteiger partial charge is 0.507 e. The molecule has 34 heavy (non-hydrogen) atoms. The van der Waals surface area contributed by atoms with Gasteiger partial charge in [0.25, 0.3) is 0 Å². The zero-order valence-electron chi connectivity index (χ0n) is 19.4. The Balaban J connectivity index is 1.56. The molecule has 1 aliphatic carbocycles. The molecule has 0 spiro atoms. The third kappa shape index (κ3) is 4.15. The van der Waals surface area contributed by atoms with Crippen LogP contribution in [-0.4, -0.2) is 63.5 Å². The van der Waals surface area contributed by atoms with Gasteiger partial charge >= 0.3 is 0 Å². The molecule has 180 valence electrons. The van der Waals surface area contributed by atoms with Crippen molar-refractivity contribution in [3.05, 3.63) is 58.7 Å². The van der Waals surface area contributed by atoms with Crippen LogP contribution < -0.4 is 0 Å². The number of carbonyl (C=O) groups is 2. The Bertz CT molecular complexity index is 1180. The first-order chi connectivity index (χ1) is 16.3. The summed E-state index contributed by atoms with van der Waals surface area (Å²) in [6.45, 7) is 1.26. The molecule has 2 aromatic carbocycles. The smallest absolute Gasteiger partial charge is 0.233 e. The van der Waals surface area contributed by atoms with E-state index in [1.165, 1.54) is 7.05 Å². The molecule has 2 aromatic rings. The van der Waals surface area contributed by atoms with E-state index in [-0.39, 0.29) is 37.2 Å². The van der Waals surface area contributed by atoms with Gasteiger partial charge in [0.1, 0.15) is 5.75 Å². The number of hydrogen-bond donors (Lipinski definition) is 4. The van der Waals surface area contributed by atoms with Crippen LogP contribution in [0.3, 0.4) is 0 Å². The molecule has 1 saturated heterocycles. The van der Waals surface area contributed by atoms with Crippen LogP contribution in [0, 0.1) is 17.8 Å². The van der Waals surface area contributed by atoms with E-state index in [1.807, 2.05) is 43.3 Å². The van der Waals surface area contributed by atoms with Crippen molar-refractivity contribution in [1.82, 2.24) is 4.90 Å². The van der Waals surface area contributed by atoms with Crippen molar-refractivity contribution in [2.45, 2.75) is 32.3 Å². The number of benzene rings is 2. The number of nitrogens with zero attached hydrogens (tertiary/aromatic N) is 1. The lowest BCUT2D eigenvalue weighted by molar-refractivity contribution is -0.138. The molecule has 7 nitrogen and oxygen atoms in total. The number of aromatic hydroxyl groups is 1. The molecule has 7 heteroatoms. The number of aliphatic hydroxyl groups is 3. The topological polar surface area (TPSA) is 118 Å². The van der Waals surface area contributed by atoms with Gasteiger partial charge in [-0.1, -0.05) is 42.0 Å². The molecule has 0 aromatic heterocycles. The lowest BCUT2D eigenvalue weighted by atomic mass is 9.68. The van der Waals surface area contributed by atoms with Gasteiger partial charge in [0.05, 0.1) is 31.2 Å². The molecule has 1 aliphatic heterocycles. The molecule has 1 heterocycles. The maximum absolute atomic E-state index is 12.7. The highest BCUT2D eigenvalue weighted by molar-refractivity contribution is 6.05. The summed E-state index contributed by atoms with van der Waals surface area (Å²) in [6.07, 6.45) is 2.19. The summed E-state index contributed by atoms with van der Waals surface area (Å²) in [5.74, 6) is -2.42. The van der Waals surface area contributed by atoms with Crippen LogP contribution in [0.5, 0.6) is 5.75 Å². The normalized spacial score (nSPS) is 24.2. The van der Waals surface area contributed by atoms with Crippen LogP contribution in [0.4, 0.5) is 0 Å². The minimum atomic E-state index is -0.950. The molecule has 0 saturated carbocycles. The average Bonchev–Trinajstić information content (AvgIpc) is 3.06. The molecule has 1 fully saturated rings. The van der Waals surface area contributed by atoms with E-state index >= 15 is 0 Å². The van der Waals surface area contributed by atoms with Crippen molar-refractivity contribution >= 4 is 28.7 Å². The van der Waals surface area contributed by atoms with Gasteiger partial charge in [-0.05, 0) is 54.3 Å². The van der Waals surface area contributed by atoms with Crippen molar-refractivity contribution in [3.63, 3.8) is 0 Å². The Morgan fingerprint density at radius 3 is 2.50 bits per heavy atom. The van der Waals surface area contributed by atoms with Crippen molar-refractivity contribution in [2.75, 3.05) is 20.3 Å². The number of aliphatic hydroxyl groups excluding tert-OH is 3. The first-order valence-corrected chi connectivity index (χ1v) is 11.6. The maximum Gasteiger partial charge on any atom is 0.233 e. The Hall–Kier alpha value is -3.00. The Morgan fingerprint density at radius 1 is 1.12 bits per heavy atom. The van der Waals surface area contributed by atoms with Gasteiger partial charge in [0, 0.05) is 18.4 Å². The number of phenolic OH excluding ortho intramolecular Hbond substituents is 1. The molecule has 2 aliphatic rings.